The number of pyridine rings is 1. The highest BCUT2D eigenvalue weighted by atomic mass is 35.5. The van der Waals surface area contributed by atoms with Gasteiger partial charge in [0.1, 0.15) is 11.3 Å². The van der Waals surface area contributed by atoms with Gasteiger partial charge in [-0.1, -0.05) is 43.6 Å². The molecule has 1 saturated heterocycles. The van der Waals surface area contributed by atoms with Crippen LogP contribution in [0.15, 0.2) is 36.5 Å². The standard InChI is InChI=1S/C22H28ClN5/c1-3-16(4-2)21-26-20-19(27-13-11-24-12-14-27)9-10-25-22(20)28(21)15-17-7-5-6-8-18(17)23/h5-10,16,24H,3-4,11-15H2,1-2H3. The summed E-state index contributed by atoms with van der Waals surface area (Å²) >= 11 is 6.48. The lowest BCUT2D eigenvalue weighted by Crippen LogP contribution is -2.43. The molecule has 0 bridgehead atoms. The zero-order chi connectivity index (χ0) is 19.5. The molecule has 148 valence electrons. The van der Waals surface area contributed by atoms with Gasteiger partial charge in [0.05, 0.1) is 12.2 Å². The number of rotatable bonds is 6. The van der Waals surface area contributed by atoms with Gasteiger partial charge in [0, 0.05) is 43.3 Å². The number of nitrogens with zero attached hydrogens (tertiary/aromatic N) is 4. The Hall–Kier alpha value is -2.11. The molecule has 28 heavy (non-hydrogen) atoms. The second kappa shape index (κ2) is 8.50. The summed E-state index contributed by atoms with van der Waals surface area (Å²) in [5.74, 6) is 1.53. The number of nitrogens with one attached hydrogen (secondary N) is 1. The van der Waals surface area contributed by atoms with E-state index in [0.29, 0.717) is 12.5 Å². The van der Waals surface area contributed by atoms with Crippen molar-refractivity contribution in [3.05, 3.63) is 52.9 Å². The molecule has 3 heterocycles. The lowest BCUT2D eigenvalue weighted by atomic mass is 10.0. The monoisotopic (exact) mass is 397 g/mol. The minimum absolute atomic E-state index is 0.410. The average molecular weight is 398 g/mol. The van der Waals surface area contributed by atoms with E-state index in [0.717, 1.165) is 66.6 Å². The van der Waals surface area contributed by atoms with Crippen molar-refractivity contribution in [3.63, 3.8) is 0 Å². The lowest BCUT2D eigenvalue weighted by molar-refractivity contribution is 0.568. The van der Waals surface area contributed by atoms with E-state index in [9.17, 15) is 0 Å². The van der Waals surface area contributed by atoms with Gasteiger partial charge in [-0.15, -0.1) is 0 Å². The molecule has 5 nitrogen and oxygen atoms in total. The molecule has 1 N–H and O–H groups in total. The topological polar surface area (TPSA) is 46.0 Å². The van der Waals surface area contributed by atoms with Crippen molar-refractivity contribution < 1.29 is 0 Å². The molecule has 4 rings (SSSR count). The zero-order valence-electron chi connectivity index (χ0n) is 16.7. The summed E-state index contributed by atoms with van der Waals surface area (Å²) in [5.41, 5.74) is 4.26. The molecule has 0 saturated carbocycles. The molecule has 2 aromatic heterocycles. The SMILES string of the molecule is CCC(CC)c1nc2c(N3CCNCC3)ccnc2n1Cc1ccccc1Cl. The molecule has 0 amide bonds. The third-order valence-corrected chi connectivity index (χ3v) is 6.11. The van der Waals surface area contributed by atoms with Crippen molar-refractivity contribution in [1.29, 1.82) is 0 Å². The highest BCUT2D eigenvalue weighted by Crippen LogP contribution is 2.32. The maximum atomic E-state index is 6.48. The summed E-state index contributed by atoms with van der Waals surface area (Å²) in [4.78, 5) is 12.3. The zero-order valence-corrected chi connectivity index (χ0v) is 17.4. The summed E-state index contributed by atoms with van der Waals surface area (Å²) in [6.45, 7) is 9.16. The lowest BCUT2D eigenvalue weighted by Gasteiger charge is -2.29. The average Bonchev–Trinajstić information content (AvgIpc) is 3.10. The largest absolute Gasteiger partial charge is 0.367 e. The summed E-state index contributed by atoms with van der Waals surface area (Å²) in [6.07, 6.45) is 4.04. The van der Waals surface area contributed by atoms with Crippen molar-refractivity contribution in [2.45, 2.75) is 39.2 Å². The van der Waals surface area contributed by atoms with E-state index in [-0.39, 0.29) is 0 Å². The van der Waals surface area contributed by atoms with Gasteiger partial charge in [-0.25, -0.2) is 9.97 Å². The molecule has 1 aliphatic heterocycles. The van der Waals surface area contributed by atoms with E-state index in [1.807, 2.05) is 24.4 Å². The Morgan fingerprint density at radius 2 is 1.86 bits per heavy atom. The molecule has 0 spiro atoms. The van der Waals surface area contributed by atoms with Crippen LogP contribution in [0.2, 0.25) is 5.02 Å². The smallest absolute Gasteiger partial charge is 0.162 e. The number of fused-ring (bicyclic) bond motifs is 1. The number of anilines is 1. The number of hydrogen-bond acceptors (Lipinski definition) is 4. The van der Waals surface area contributed by atoms with E-state index in [1.165, 1.54) is 5.69 Å². The quantitative estimate of drug-likeness (QED) is 0.667. The van der Waals surface area contributed by atoms with Crippen molar-refractivity contribution in [2.24, 2.45) is 0 Å². The second-order valence-corrected chi connectivity index (χ2v) is 7.81. The van der Waals surface area contributed by atoms with Crippen molar-refractivity contribution in [3.8, 4) is 0 Å². The van der Waals surface area contributed by atoms with Crippen LogP contribution < -0.4 is 10.2 Å². The van der Waals surface area contributed by atoms with Crippen LogP contribution in [0.25, 0.3) is 11.2 Å². The van der Waals surface area contributed by atoms with E-state index in [4.69, 9.17) is 21.6 Å². The minimum Gasteiger partial charge on any atom is -0.367 e. The van der Waals surface area contributed by atoms with Crippen LogP contribution in [0.4, 0.5) is 5.69 Å². The number of benzene rings is 1. The first-order chi connectivity index (χ1) is 13.7. The van der Waals surface area contributed by atoms with Crippen LogP contribution in [-0.4, -0.2) is 40.7 Å². The van der Waals surface area contributed by atoms with Crippen LogP contribution >= 0.6 is 11.6 Å². The Labute approximate surface area is 171 Å². The van der Waals surface area contributed by atoms with Crippen molar-refractivity contribution in [1.82, 2.24) is 19.9 Å². The molecule has 1 aliphatic rings. The summed E-state index contributed by atoms with van der Waals surface area (Å²) in [7, 11) is 0. The first-order valence-electron chi connectivity index (χ1n) is 10.3. The first-order valence-corrected chi connectivity index (χ1v) is 10.6. The van der Waals surface area contributed by atoms with Gasteiger partial charge in [-0.2, -0.15) is 0 Å². The Morgan fingerprint density at radius 1 is 1.11 bits per heavy atom. The van der Waals surface area contributed by atoms with E-state index >= 15 is 0 Å². The van der Waals surface area contributed by atoms with Crippen LogP contribution in [0.3, 0.4) is 0 Å². The number of aromatic nitrogens is 3. The summed E-state index contributed by atoms with van der Waals surface area (Å²) < 4.78 is 2.28. The van der Waals surface area contributed by atoms with Gasteiger partial charge in [0.2, 0.25) is 0 Å². The minimum atomic E-state index is 0.410. The van der Waals surface area contributed by atoms with Gasteiger partial charge < -0.3 is 14.8 Å². The Morgan fingerprint density at radius 3 is 2.57 bits per heavy atom. The van der Waals surface area contributed by atoms with E-state index in [2.05, 4.69) is 40.8 Å². The third-order valence-electron chi connectivity index (χ3n) is 5.74. The number of halogens is 1. The summed E-state index contributed by atoms with van der Waals surface area (Å²) in [6, 6.07) is 10.2. The molecular weight excluding hydrogens is 370 g/mol. The Bertz CT molecular complexity index is 941. The van der Waals surface area contributed by atoms with Gasteiger partial charge >= 0.3 is 0 Å². The van der Waals surface area contributed by atoms with E-state index in [1.54, 1.807) is 0 Å². The third kappa shape index (κ3) is 3.61. The van der Waals surface area contributed by atoms with Crippen molar-refractivity contribution >= 4 is 28.5 Å². The maximum Gasteiger partial charge on any atom is 0.162 e. The van der Waals surface area contributed by atoms with Gasteiger partial charge in [-0.05, 0) is 30.5 Å². The highest BCUT2D eigenvalue weighted by molar-refractivity contribution is 6.31. The highest BCUT2D eigenvalue weighted by Gasteiger charge is 2.23. The second-order valence-electron chi connectivity index (χ2n) is 7.40. The fraction of sp³-hybridized carbons (Fsp3) is 0.455. The Balaban J connectivity index is 1.85. The molecule has 1 aromatic carbocycles. The normalized spacial score (nSPS) is 14.9. The predicted octanol–water partition coefficient (Wildman–Crippen LogP) is 4.45. The fourth-order valence-electron chi connectivity index (χ4n) is 4.10. The van der Waals surface area contributed by atoms with Gasteiger partial charge in [0.25, 0.3) is 0 Å². The van der Waals surface area contributed by atoms with Crippen LogP contribution in [-0.2, 0) is 6.54 Å². The number of imidazole rings is 1. The van der Waals surface area contributed by atoms with Crippen LogP contribution in [0.1, 0.15) is 44.0 Å². The molecule has 0 atom stereocenters. The first kappa shape index (κ1) is 19.2. The predicted molar refractivity (Wildman–Crippen MR) is 116 cm³/mol. The van der Waals surface area contributed by atoms with Gasteiger partial charge in [-0.3, -0.25) is 0 Å². The molecular formula is C22H28ClN5. The van der Waals surface area contributed by atoms with Crippen LogP contribution in [0.5, 0.6) is 0 Å². The van der Waals surface area contributed by atoms with E-state index < -0.39 is 0 Å². The van der Waals surface area contributed by atoms with Gasteiger partial charge in [0.15, 0.2) is 5.65 Å². The molecule has 0 unspecified atom stereocenters. The summed E-state index contributed by atoms with van der Waals surface area (Å²) in [5, 5.41) is 4.22. The van der Waals surface area contributed by atoms with Crippen molar-refractivity contribution in [2.75, 3.05) is 31.1 Å². The molecule has 3 aromatic rings. The Kier molecular flexibility index (Phi) is 5.83. The molecule has 1 fully saturated rings. The van der Waals surface area contributed by atoms with Crippen LogP contribution in [0, 0.1) is 0 Å². The number of piperazine rings is 1. The molecule has 0 aliphatic carbocycles. The maximum absolute atomic E-state index is 6.48. The molecule has 6 heteroatoms. The molecule has 0 radical (unpaired) electrons. The number of hydrogen-bond donors (Lipinski definition) is 1. The fourth-order valence-corrected chi connectivity index (χ4v) is 4.30.